The van der Waals surface area contributed by atoms with Crippen molar-refractivity contribution in [3.8, 4) is 0 Å². The first-order chi connectivity index (χ1) is 17.8. The van der Waals surface area contributed by atoms with Crippen molar-refractivity contribution in [3.05, 3.63) is 86.8 Å². The van der Waals surface area contributed by atoms with Crippen molar-refractivity contribution < 1.29 is 14.4 Å². The summed E-state index contributed by atoms with van der Waals surface area (Å²) in [6, 6.07) is 20.9. The van der Waals surface area contributed by atoms with Crippen molar-refractivity contribution in [1.82, 2.24) is 0 Å². The van der Waals surface area contributed by atoms with Crippen LogP contribution >= 0.6 is 31.9 Å². The van der Waals surface area contributed by atoms with Crippen LogP contribution in [-0.2, 0) is 19.9 Å². The molecule has 1 spiro atoms. The van der Waals surface area contributed by atoms with Crippen LogP contribution in [0.25, 0.3) is 0 Å². The molecule has 0 N–H and O–H groups in total. The fourth-order valence-corrected chi connectivity index (χ4v) is 6.94. The van der Waals surface area contributed by atoms with E-state index in [2.05, 4.69) is 31.9 Å². The first-order valence-corrected chi connectivity index (χ1v) is 14.1. The average molecular weight is 637 g/mol. The summed E-state index contributed by atoms with van der Waals surface area (Å²) in [5.41, 5.74) is 0.854. The number of carbonyl (C=O) groups is 3. The molecule has 194 valence electrons. The Morgan fingerprint density at radius 3 is 1.82 bits per heavy atom. The largest absolute Gasteiger partial charge is 0.291 e. The molecule has 0 unspecified atom stereocenters. The molecule has 3 aromatic carbocycles. The molecule has 3 aliphatic heterocycles. The Morgan fingerprint density at radius 2 is 1.24 bits per heavy atom. The SMILES string of the molecule is Cc1ccc2c(c1)[C@]1(C(=O)N2[C@H]2N(c3ccc(Br)cc3)C(=O)C2(C)C)N(c2ccc(Br)cc2)C(=O)C1(C)C. The van der Waals surface area contributed by atoms with Gasteiger partial charge in [0, 0.05) is 25.9 Å². The summed E-state index contributed by atoms with van der Waals surface area (Å²) in [6.07, 6.45) is -0.553. The zero-order valence-corrected chi connectivity index (χ0v) is 24.9. The van der Waals surface area contributed by atoms with E-state index in [1.165, 1.54) is 0 Å². The lowest BCUT2D eigenvalue weighted by Gasteiger charge is -2.61. The Hall–Kier alpha value is -2.97. The predicted molar refractivity (Wildman–Crippen MR) is 155 cm³/mol. The van der Waals surface area contributed by atoms with Gasteiger partial charge in [0.1, 0.15) is 6.17 Å². The minimum Gasteiger partial charge on any atom is -0.291 e. The lowest BCUT2D eigenvalue weighted by atomic mass is 9.59. The molecule has 3 amide bonds. The van der Waals surface area contributed by atoms with Crippen LogP contribution in [0.1, 0.15) is 38.8 Å². The molecule has 38 heavy (non-hydrogen) atoms. The van der Waals surface area contributed by atoms with E-state index < -0.39 is 22.5 Å². The van der Waals surface area contributed by atoms with Crippen molar-refractivity contribution in [2.75, 3.05) is 14.7 Å². The third-order valence-electron chi connectivity index (χ3n) is 8.40. The van der Waals surface area contributed by atoms with Crippen LogP contribution in [0.15, 0.2) is 75.7 Å². The van der Waals surface area contributed by atoms with Crippen molar-refractivity contribution in [2.45, 2.75) is 46.3 Å². The smallest absolute Gasteiger partial charge is 0.260 e. The first-order valence-electron chi connectivity index (χ1n) is 12.5. The van der Waals surface area contributed by atoms with Crippen LogP contribution in [0.5, 0.6) is 0 Å². The second-order valence-electron chi connectivity index (χ2n) is 11.4. The Bertz CT molecular complexity index is 1530. The Morgan fingerprint density at radius 1 is 0.684 bits per heavy atom. The summed E-state index contributed by atoms with van der Waals surface area (Å²) in [5.74, 6) is -0.365. The van der Waals surface area contributed by atoms with Crippen LogP contribution in [0.2, 0.25) is 0 Å². The van der Waals surface area contributed by atoms with Crippen LogP contribution in [0, 0.1) is 17.8 Å². The molecule has 2 saturated heterocycles. The molecule has 8 heteroatoms. The van der Waals surface area contributed by atoms with Gasteiger partial charge in [0.15, 0.2) is 5.54 Å². The molecule has 3 aliphatic rings. The molecule has 2 fully saturated rings. The fraction of sp³-hybridized carbons (Fsp3) is 0.300. The van der Waals surface area contributed by atoms with Crippen molar-refractivity contribution >= 4 is 66.6 Å². The van der Waals surface area contributed by atoms with Crippen molar-refractivity contribution in [3.63, 3.8) is 0 Å². The van der Waals surface area contributed by atoms with Gasteiger partial charge >= 0.3 is 0 Å². The van der Waals surface area contributed by atoms with Gasteiger partial charge < -0.3 is 0 Å². The molecule has 6 nitrogen and oxygen atoms in total. The summed E-state index contributed by atoms with van der Waals surface area (Å²) in [6.45, 7) is 9.45. The van der Waals surface area contributed by atoms with Gasteiger partial charge in [-0.15, -0.1) is 0 Å². The normalized spacial score (nSPS) is 25.0. The highest BCUT2D eigenvalue weighted by molar-refractivity contribution is 9.10. The molecule has 3 heterocycles. The first kappa shape index (κ1) is 25.3. The van der Waals surface area contributed by atoms with E-state index in [0.717, 1.165) is 31.4 Å². The number of benzene rings is 3. The molecule has 0 radical (unpaired) electrons. The van der Waals surface area contributed by atoms with Gasteiger partial charge in [-0.1, -0.05) is 49.6 Å². The number of anilines is 3. The quantitative estimate of drug-likeness (QED) is 0.307. The number of nitrogens with zero attached hydrogens (tertiary/aromatic N) is 3. The summed E-state index contributed by atoms with van der Waals surface area (Å²) in [5, 5.41) is 0. The molecule has 0 bridgehead atoms. The second-order valence-corrected chi connectivity index (χ2v) is 13.2. The van der Waals surface area contributed by atoms with E-state index in [4.69, 9.17) is 0 Å². The molecular formula is C30H27Br2N3O3. The number of fused-ring (bicyclic) bond motifs is 2. The number of β-lactam (4-membered cyclic amide) rings is 2. The monoisotopic (exact) mass is 635 g/mol. The maximum absolute atomic E-state index is 14.9. The Labute approximate surface area is 238 Å². The van der Waals surface area contributed by atoms with E-state index in [1.54, 1.807) is 14.7 Å². The number of hydrogen-bond acceptors (Lipinski definition) is 3. The zero-order chi connectivity index (χ0) is 27.4. The maximum atomic E-state index is 14.9. The van der Waals surface area contributed by atoms with Crippen molar-refractivity contribution in [2.24, 2.45) is 10.8 Å². The third-order valence-corrected chi connectivity index (χ3v) is 9.46. The Kier molecular flexibility index (Phi) is 5.34. The number of halogens is 2. The topological polar surface area (TPSA) is 60.9 Å². The van der Waals surface area contributed by atoms with Gasteiger partial charge in [-0.2, -0.15) is 0 Å². The highest BCUT2D eigenvalue weighted by atomic mass is 79.9. The van der Waals surface area contributed by atoms with Crippen LogP contribution in [0.4, 0.5) is 17.1 Å². The molecule has 2 atom stereocenters. The lowest BCUT2D eigenvalue weighted by Crippen LogP contribution is -2.80. The van der Waals surface area contributed by atoms with E-state index in [0.29, 0.717) is 5.69 Å². The minimum absolute atomic E-state index is 0.0547. The summed E-state index contributed by atoms with van der Waals surface area (Å²) in [4.78, 5) is 47.2. The predicted octanol–water partition coefficient (Wildman–Crippen LogP) is 6.53. The van der Waals surface area contributed by atoms with Gasteiger partial charge in [0.25, 0.3) is 5.91 Å². The van der Waals surface area contributed by atoms with E-state index in [1.807, 2.05) is 101 Å². The van der Waals surface area contributed by atoms with Gasteiger partial charge in [0.05, 0.1) is 16.5 Å². The lowest BCUT2D eigenvalue weighted by molar-refractivity contribution is -0.154. The third kappa shape index (κ3) is 2.96. The van der Waals surface area contributed by atoms with Crippen LogP contribution < -0.4 is 14.7 Å². The molecule has 0 aromatic heterocycles. The number of carbonyl (C=O) groups excluding carboxylic acids is 3. The van der Waals surface area contributed by atoms with Crippen LogP contribution in [0.3, 0.4) is 0 Å². The zero-order valence-electron chi connectivity index (χ0n) is 21.8. The van der Waals surface area contributed by atoms with E-state index in [9.17, 15) is 14.4 Å². The van der Waals surface area contributed by atoms with Gasteiger partial charge in [-0.25, -0.2) is 0 Å². The average Bonchev–Trinajstić information content (AvgIpc) is 3.13. The van der Waals surface area contributed by atoms with Crippen molar-refractivity contribution in [1.29, 1.82) is 0 Å². The molecule has 0 aliphatic carbocycles. The number of amides is 3. The van der Waals surface area contributed by atoms with Crippen LogP contribution in [-0.4, -0.2) is 23.9 Å². The molecule has 6 rings (SSSR count). The molecule has 3 aromatic rings. The minimum atomic E-state index is -1.24. The number of hydrogen-bond donors (Lipinski definition) is 0. The second kappa shape index (κ2) is 8.02. The highest BCUT2D eigenvalue weighted by Gasteiger charge is 2.77. The Balaban J connectivity index is 1.56. The maximum Gasteiger partial charge on any atom is 0.260 e. The fourth-order valence-electron chi connectivity index (χ4n) is 6.41. The van der Waals surface area contributed by atoms with E-state index >= 15 is 0 Å². The highest BCUT2D eigenvalue weighted by Crippen LogP contribution is 2.64. The van der Waals surface area contributed by atoms with E-state index in [-0.39, 0.29) is 17.7 Å². The molecule has 0 saturated carbocycles. The van der Waals surface area contributed by atoms with Gasteiger partial charge in [-0.05, 0) is 89.2 Å². The summed E-state index contributed by atoms with van der Waals surface area (Å²) >= 11 is 6.94. The van der Waals surface area contributed by atoms with Gasteiger partial charge in [-0.3, -0.25) is 29.1 Å². The number of rotatable bonds is 3. The van der Waals surface area contributed by atoms with Gasteiger partial charge in [0.2, 0.25) is 11.8 Å². The number of aryl methyl sites for hydroxylation is 1. The summed E-state index contributed by atoms with van der Waals surface area (Å²) in [7, 11) is 0. The summed E-state index contributed by atoms with van der Waals surface area (Å²) < 4.78 is 1.79. The molecular weight excluding hydrogens is 610 g/mol. The standard InChI is InChI=1S/C30H27Br2N3O3/c1-17-6-15-23-22(16-17)30(29(4,5)26(37)35(30)21-13-9-19(32)10-14-21)27(38)34(23)24-28(2,3)25(36)33(24)20-11-7-18(31)8-12-20/h6-16,24H,1-5H3/t24-,30-/m1/s1.